The lowest BCUT2D eigenvalue weighted by Crippen LogP contribution is -2.23. The lowest BCUT2D eigenvalue weighted by molar-refractivity contribution is 0.0946. The summed E-state index contributed by atoms with van der Waals surface area (Å²) in [6, 6.07) is 20.6. The van der Waals surface area contributed by atoms with Gasteiger partial charge < -0.3 is 10.1 Å². The topological polar surface area (TPSA) is 79.9 Å². The number of aromatic nitrogens is 3. The fraction of sp³-hybridized carbons (Fsp3) is 0.0455. The Morgan fingerprint density at radius 1 is 1.03 bits per heavy atom. The van der Waals surface area contributed by atoms with Gasteiger partial charge in [0.05, 0.1) is 5.69 Å². The first-order valence-electron chi connectivity index (χ1n) is 8.95. The Balaban J connectivity index is 1.34. The zero-order valence-corrected chi connectivity index (χ0v) is 15.3. The molecule has 0 bridgehead atoms. The number of benzene rings is 2. The van der Waals surface area contributed by atoms with Crippen LogP contribution in [0.15, 0.2) is 79.0 Å². The van der Waals surface area contributed by atoms with E-state index >= 15 is 0 Å². The molecule has 2 aromatic carbocycles. The highest BCUT2D eigenvalue weighted by Crippen LogP contribution is 2.20. The van der Waals surface area contributed by atoms with Crippen molar-refractivity contribution in [2.45, 2.75) is 6.54 Å². The van der Waals surface area contributed by atoms with E-state index in [0.29, 0.717) is 29.6 Å². The van der Waals surface area contributed by atoms with Gasteiger partial charge in [0.1, 0.15) is 17.3 Å². The monoisotopic (exact) mass is 388 g/mol. The Morgan fingerprint density at radius 2 is 1.90 bits per heavy atom. The molecule has 0 spiro atoms. The van der Waals surface area contributed by atoms with Gasteiger partial charge in [0.25, 0.3) is 5.91 Å². The van der Waals surface area contributed by atoms with Crippen LogP contribution in [-0.2, 0) is 6.54 Å². The first kappa shape index (κ1) is 18.4. The third kappa shape index (κ3) is 4.65. The van der Waals surface area contributed by atoms with E-state index in [-0.39, 0.29) is 11.7 Å². The molecule has 0 aliphatic heterocycles. The number of ether oxygens (including phenoxy) is 1. The van der Waals surface area contributed by atoms with E-state index in [4.69, 9.17) is 4.74 Å². The summed E-state index contributed by atoms with van der Waals surface area (Å²) in [5, 5.41) is 9.75. The molecule has 0 unspecified atom stereocenters. The minimum absolute atomic E-state index is 0.264. The summed E-state index contributed by atoms with van der Waals surface area (Å²) in [5.41, 5.74) is 2.81. The molecule has 4 rings (SSSR count). The van der Waals surface area contributed by atoms with E-state index in [1.165, 1.54) is 12.1 Å². The van der Waals surface area contributed by atoms with Gasteiger partial charge in [-0.15, -0.1) is 0 Å². The normalized spacial score (nSPS) is 10.5. The number of aromatic amines is 1. The third-order valence-corrected chi connectivity index (χ3v) is 4.16. The van der Waals surface area contributed by atoms with Crippen molar-refractivity contribution in [3.63, 3.8) is 0 Å². The average molecular weight is 388 g/mol. The molecule has 0 fully saturated rings. The van der Waals surface area contributed by atoms with Crippen molar-refractivity contribution < 1.29 is 13.9 Å². The number of nitrogens with one attached hydrogen (secondary N) is 2. The van der Waals surface area contributed by atoms with Gasteiger partial charge in [-0.1, -0.05) is 42.5 Å². The van der Waals surface area contributed by atoms with Gasteiger partial charge in [0.15, 0.2) is 0 Å². The first-order valence-corrected chi connectivity index (χ1v) is 8.95. The molecule has 0 atom stereocenters. The number of amides is 1. The number of hydrogen-bond donors (Lipinski definition) is 2. The van der Waals surface area contributed by atoms with Crippen LogP contribution in [0.2, 0.25) is 0 Å². The molecule has 0 saturated carbocycles. The van der Waals surface area contributed by atoms with E-state index in [1.807, 2.05) is 30.3 Å². The molecule has 4 aromatic rings. The number of halogens is 1. The molecule has 2 heterocycles. The molecule has 0 saturated heterocycles. The summed E-state index contributed by atoms with van der Waals surface area (Å²) >= 11 is 0. The Bertz CT molecular complexity index is 1110. The van der Waals surface area contributed by atoms with Crippen molar-refractivity contribution in [2.24, 2.45) is 0 Å². The van der Waals surface area contributed by atoms with Crippen LogP contribution in [-0.4, -0.2) is 21.1 Å². The van der Waals surface area contributed by atoms with Crippen LogP contribution < -0.4 is 10.1 Å². The van der Waals surface area contributed by atoms with Crippen molar-refractivity contribution in [3.05, 3.63) is 96.1 Å². The molecule has 7 heteroatoms. The highest BCUT2D eigenvalue weighted by molar-refractivity contribution is 5.93. The van der Waals surface area contributed by atoms with Crippen LogP contribution in [0.5, 0.6) is 11.6 Å². The van der Waals surface area contributed by atoms with Gasteiger partial charge in [0.2, 0.25) is 5.88 Å². The minimum Gasteiger partial charge on any atom is -0.439 e. The summed E-state index contributed by atoms with van der Waals surface area (Å²) in [4.78, 5) is 16.5. The molecule has 0 aliphatic rings. The Kier molecular flexibility index (Phi) is 5.29. The van der Waals surface area contributed by atoms with Gasteiger partial charge in [0, 0.05) is 30.4 Å². The number of rotatable bonds is 6. The Hall–Kier alpha value is -4.00. The minimum atomic E-state index is -0.379. The maximum atomic E-state index is 13.2. The number of hydrogen-bond acceptors (Lipinski definition) is 4. The maximum absolute atomic E-state index is 13.2. The quantitative estimate of drug-likeness (QED) is 0.515. The van der Waals surface area contributed by atoms with Gasteiger partial charge in [-0.25, -0.2) is 9.37 Å². The van der Waals surface area contributed by atoms with Crippen LogP contribution >= 0.6 is 0 Å². The number of carbonyl (C=O) groups is 1. The summed E-state index contributed by atoms with van der Waals surface area (Å²) in [7, 11) is 0. The molecule has 29 heavy (non-hydrogen) atoms. The zero-order chi connectivity index (χ0) is 20.1. The number of pyridine rings is 1. The SMILES string of the molecule is O=C(NCc1ccc(Oc2cccc(F)c2)nc1)c1cc(-c2ccccc2)n[nH]1. The first-order chi connectivity index (χ1) is 14.2. The van der Waals surface area contributed by atoms with Crippen molar-refractivity contribution in [1.29, 1.82) is 0 Å². The number of nitrogens with zero attached hydrogens (tertiary/aromatic N) is 2. The van der Waals surface area contributed by atoms with Crippen molar-refractivity contribution in [2.75, 3.05) is 0 Å². The van der Waals surface area contributed by atoms with Crippen LogP contribution in [0.3, 0.4) is 0 Å². The predicted molar refractivity (Wildman–Crippen MR) is 106 cm³/mol. The molecule has 1 amide bonds. The third-order valence-electron chi connectivity index (χ3n) is 4.16. The summed E-state index contributed by atoms with van der Waals surface area (Å²) < 4.78 is 18.7. The van der Waals surface area contributed by atoms with E-state index in [9.17, 15) is 9.18 Å². The lowest BCUT2D eigenvalue weighted by Gasteiger charge is -2.06. The standard InChI is InChI=1S/C22H17FN4O2/c23-17-7-4-8-18(11-17)29-21-10-9-15(13-24-21)14-25-22(28)20-12-19(26-27-20)16-5-2-1-3-6-16/h1-13H,14H2,(H,25,28)(H,26,27). The predicted octanol–water partition coefficient (Wildman–Crippen LogP) is 4.33. The molecule has 0 radical (unpaired) electrons. The Labute approximate surface area is 166 Å². The second-order valence-corrected chi connectivity index (χ2v) is 6.28. The summed E-state index contributed by atoms with van der Waals surface area (Å²) in [5.74, 6) is 0.0644. The van der Waals surface area contributed by atoms with E-state index in [2.05, 4.69) is 20.5 Å². The van der Waals surface area contributed by atoms with Gasteiger partial charge >= 0.3 is 0 Å². The summed E-state index contributed by atoms with van der Waals surface area (Å²) in [6.45, 7) is 0.297. The van der Waals surface area contributed by atoms with Crippen LogP contribution in [0.4, 0.5) is 4.39 Å². The molecular weight excluding hydrogens is 371 g/mol. The summed E-state index contributed by atoms with van der Waals surface area (Å²) in [6.07, 6.45) is 1.59. The van der Waals surface area contributed by atoms with Crippen LogP contribution in [0.25, 0.3) is 11.3 Å². The molecule has 6 nitrogen and oxygen atoms in total. The zero-order valence-electron chi connectivity index (χ0n) is 15.3. The average Bonchev–Trinajstić information content (AvgIpc) is 3.24. The largest absolute Gasteiger partial charge is 0.439 e. The van der Waals surface area contributed by atoms with E-state index < -0.39 is 0 Å². The highest BCUT2D eigenvalue weighted by Gasteiger charge is 2.11. The molecular formula is C22H17FN4O2. The molecule has 0 aliphatic carbocycles. The molecule has 2 N–H and O–H groups in total. The number of carbonyl (C=O) groups excluding carboxylic acids is 1. The van der Waals surface area contributed by atoms with Crippen molar-refractivity contribution in [1.82, 2.24) is 20.5 Å². The molecule has 2 aromatic heterocycles. The Morgan fingerprint density at radius 3 is 2.66 bits per heavy atom. The van der Waals surface area contributed by atoms with E-state index in [0.717, 1.165) is 11.1 Å². The smallest absolute Gasteiger partial charge is 0.269 e. The second kappa shape index (κ2) is 8.35. The maximum Gasteiger partial charge on any atom is 0.269 e. The second-order valence-electron chi connectivity index (χ2n) is 6.28. The van der Waals surface area contributed by atoms with Crippen molar-refractivity contribution in [3.8, 4) is 22.9 Å². The van der Waals surface area contributed by atoms with Crippen LogP contribution in [0, 0.1) is 5.82 Å². The molecule has 144 valence electrons. The van der Waals surface area contributed by atoms with Crippen LogP contribution in [0.1, 0.15) is 16.1 Å². The fourth-order valence-electron chi connectivity index (χ4n) is 2.70. The number of H-pyrrole nitrogens is 1. The van der Waals surface area contributed by atoms with Gasteiger partial charge in [-0.05, 0) is 23.8 Å². The van der Waals surface area contributed by atoms with Gasteiger partial charge in [-0.2, -0.15) is 5.10 Å². The fourth-order valence-corrected chi connectivity index (χ4v) is 2.70. The lowest BCUT2D eigenvalue weighted by atomic mass is 10.1. The van der Waals surface area contributed by atoms with Gasteiger partial charge in [-0.3, -0.25) is 9.89 Å². The van der Waals surface area contributed by atoms with E-state index in [1.54, 1.807) is 36.5 Å². The highest BCUT2D eigenvalue weighted by atomic mass is 19.1. The van der Waals surface area contributed by atoms with Crippen molar-refractivity contribution >= 4 is 5.91 Å².